The number of nitrogens with zero attached hydrogens (tertiary/aromatic N) is 2. The summed E-state index contributed by atoms with van der Waals surface area (Å²) in [6.45, 7) is 2.58. The summed E-state index contributed by atoms with van der Waals surface area (Å²) in [6, 6.07) is 3.44. The Morgan fingerprint density at radius 3 is 2.70 bits per heavy atom. The molecule has 1 amide bonds. The second kappa shape index (κ2) is 6.32. The first-order valence-corrected chi connectivity index (χ1v) is 8.32. The molecule has 1 aromatic heterocycles. The van der Waals surface area contributed by atoms with Crippen LogP contribution in [0.1, 0.15) is 30.1 Å². The van der Waals surface area contributed by atoms with E-state index in [1.165, 1.54) is 10.5 Å². The van der Waals surface area contributed by atoms with Crippen molar-refractivity contribution >= 4 is 15.9 Å². The lowest BCUT2D eigenvalue weighted by Gasteiger charge is -2.31. The molecule has 2 heterocycles. The van der Waals surface area contributed by atoms with E-state index in [9.17, 15) is 13.2 Å². The maximum atomic E-state index is 12.0. The third-order valence-electron chi connectivity index (χ3n) is 3.47. The van der Waals surface area contributed by atoms with Crippen molar-refractivity contribution in [2.75, 3.05) is 18.8 Å². The van der Waals surface area contributed by atoms with Gasteiger partial charge in [0, 0.05) is 31.5 Å². The number of carbonyl (C=O) groups is 1. The summed E-state index contributed by atoms with van der Waals surface area (Å²) in [7, 11) is -3.11. The molecule has 0 aromatic carbocycles. The summed E-state index contributed by atoms with van der Waals surface area (Å²) in [4.78, 5) is 15.9. The minimum atomic E-state index is -3.11. The third-order valence-corrected chi connectivity index (χ3v) is 5.35. The molecule has 0 bridgehead atoms. The van der Waals surface area contributed by atoms with E-state index >= 15 is 0 Å². The Morgan fingerprint density at radius 1 is 1.45 bits per heavy atom. The molecule has 110 valence electrons. The molecule has 20 heavy (non-hydrogen) atoms. The number of carbonyl (C=O) groups excluding carboxylic acids is 1. The van der Waals surface area contributed by atoms with Crippen LogP contribution < -0.4 is 5.32 Å². The molecule has 1 aromatic rings. The number of hydrogen-bond donors (Lipinski definition) is 1. The summed E-state index contributed by atoms with van der Waals surface area (Å²) in [5, 5.41) is 2.92. The molecule has 0 unspecified atom stereocenters. The summed E-state index contributed by atoms with van der Waals surface area (Å²) >= 11 is 0. The molecule has 7 heteroatoms. The second-order valence-corrected chi connectivity index (χ2v) is 7.05. The van der Waals surface area contributed by atoms with Crippen molar-refractivity contribution in [1.29, 1.82) is 0 Å². The fourth-order valence-electron chi connectivity index (χ4n) is 2.23. The van der Waals surface area contributed by atoms with Crippen LogP contribution in [0.5, 0.6) is 0 Å². The summed E-state index contributed by atoms with van der Waals surface area (Å²) in [5.41, 5.74) is 0.524. The van der Waals surface area contributed by atoms with Gasteiger partial charge < -0.3 is 5.32 Å². The molecule has 6 nitrogen and oxygen atoms in total. The van der Waals surface area contributed by atoms with E-state index in [0.717, 1.165) is 0 Å². The summed E-state index contributed by atoms with van der Waals surface area (Å²) in [5.74, 6) is -0.0328. The Morgan fingerprint density at radius 2 is 2.15 bits per heavy atom. The standard InChI is InChI=1S/C13H19N3O3S/c1-2-20(18,19)16-8-5-12(6-9-16)15-13(17)11-4-3-7-14-10-11/h3-4,7,10,12H,2,5-6,8-9H2,1H3,(H,15,17). The van der Waals surface area contributed by atoms with Gasteiger partial charge >= 0.3 is 0 Å². The molecule has 1 saturated heterocycles. The van der Waals surface area contributed by atoms with E-state index in [-0.39, 0.29) is 17.7 Å². The summed E-state index contributed by atoms with van der Waals surface area (Å²) in [6.07, 6.45) is 4.42. The molecular weight excluding hydrogens is 278 g/mol. The number of amides is 1. The average molecular weight is 297 g/mol. The van der Waals surface area contributed by atoms with Gasteiger partial charge in [-0.25, -0.2) is 12.7 Å². The number of pyridine rings is 1. The molecule has 1 aliphatic heterocycles. The normalized spacial score (nSPS) is 17.9. The van der Waals surface area contributed by atoms with Gasteiger partial charge in [-0.2, -0.15) is 0 Å². The Balaban J connectivity index is 1.88. The molecule has 1 fully saturated rings. The second-order valence-electron chi connectivity index (χ2n) is 4.79. The maximum absolute atomic E-state index is 12.0. The highest BCUT2D eigenvalue weighted by molar-refractivity contribution is 7.89. The van der Waals surface area contributed by atoms with Gasteiger partial charge in [-0.3, -0.25) is 9.78 Å². The highest BCUT2D eigenvalue weighted by atomic mass is 32.2. The van der Waals surface area contributed by atoms with Crippen molar-refractivity contribution in [2.45, 2.75) is 25.8 Å². The summed E-state index contributed by atoms with van der Waals surface area (Å²) < 4.78 is 25.0. The molecule has 0 aliphatic carbocycles. The Hall–Kier alpha value is -1.47. The van der Waals surface area contributed by atoms with E-state index in [4.69, 9.17) is 0 Å². The first-order valence-electron chi connectivity index (χ1n) is 6.71. The van der Waals surface area contributed by atoms with Crippen LogP contribution in [0.4, 0.5) is 0 Å². The topological polar surface area (TPSA) is 79.4 Å². The lowest BCUT2D eigenvalue weighted by molar-refractivity contribution is 0.0923. The van der Waals surface area contributed by atoms with Crippen molar-refractivity contribution < 1.29 is 13.2 Å². The Labute approximate surface area is 119 Å². The number of sulfonamides is 1. The van der Waals surface area contributed by atoms with Crippen LogP contribution in [0.2, 0.25) is 0 Å². The van der Waals surface area contributed by atoms with Gasteiger partial charge in [0.1, 0.15) is 0 Å². The van der Waals surface area contributed by atoms with Crippen molar-refractivity contribution in [2.24, 2.45) is 0 Å². The van der Waals surface area contributed by atoms with Crippen LogP contribution in [0.25, 0.3) is 0 Å². The predicted molar refractivity (Wildman–Crippen MR) is 75.8 cm³/mol. The zero-order chi connectivity index (χ0) is 14.6. The largest absolute Gasteiger partial charge is 0.349 e. The lowest BCUT2D eigenvalue weighted by atomic mass is 10.1. The highest BCUT2D eigenvalue weighted by Gasteiger charge is 2.27. The first-order chi connectivity index (χ1) is 9.53. The number of piperidine rings is 1. The van der Waals surface area contributed by atoms with Crippen LogP contribution >= 0.6 is 0 Å². The van der Waals surface area contributed by atoms with E-state index in [2.05, 4.69) is 10.3 Å². The van der Waals surface area contributed by atoms with E-state index < -0.39 is 10.0 Å². The highest BCUT2D eigenvalue weighted by Crippen LogP contribution is 2.14. The van der Waals surface area contributed by atoms with Gasteiger partial charge in [-0.05, 0) is 31.9 Å². The van der Waals surface area contributed by atoms with Gasteiger partial charge in [0.15, 0.2) is 0 Å². The van der Waals surface area contributed by atoms with Crippen molar-refractivity contribution in [3.05, 3.63) is 30.1 Å². The predicted octanol–water partition coefficient (Wildman–Crippen LogP) is 0.625. The SMILES string of the molecule is CCS(=O)(=O)N1CCC(NC(=O)c2cccnc2)CC1. The lowest BCUT2D eigenvalue weighted by Crippen LogP contribution is -2.46. The molecule has 1 aliphatic rings. The molecule has 1 N–H and O–H groups in total. The quantitative estimate of drug-likeness (QED) is 0.884. The Bertz CT molecular complexity index is 551. The van der Waals surface area contributed by atoms with Crippen molar-refractivity contribution in [1.82, 2.24) is 14.6 Å². The van der Waals surface area contributed by atoms with E-state index in [1.807, 2.05) is 0 Å². The molecule has 0 saturated carbocycles. The average Bonchev–Trinajstić information content (AvgIpc) is 2.48. The third kappa shape index (κ3) is 3.55. The van der Waals surface area contributed by atoms with Crippen LogP contribution in [-0.2, 0) is 10.0 Å². The van der Waals surface area contributed by atoms with E-state index in [0.29, 0.717) is 31.5 Å². The Kier molecular flexibility index (Phi) is 4.72. The number of rotatable bonds is 4. The number of nitrogens with one attached hydrogen (secondary N) is 1. The molecule has 0 radical (unpaired) electrons. The smallest absolute Gasteiger partial charge is 0.253 e. The van der Waals surface area contributed by atoms with Crippen LogP contribution in [0, 0.1) is 0 Å². The molecule has 0 atom stereocenters. The first kappa shape index (κ1) is 14.9. The van der Waals surface area contributed by atoms with Crippen LogP contribution in [0.15, 0.2) is 24.5 Å². The van der Waals surface area contributed by atoms with Crippen molar-refractivity contribution in [3.8, 4) is 0 Å². The fourth-order valence-corrected chi connectivity index (χ4v) is 3.36. The number of aromatic nitrogens is 1. The van der Waals surface area contributed by atoms with Gasteiger partial charge in [-0.1, -0.05) is 0 Å². The zero-order valence-corrected chi connectivity index (χ0v) is 12.3. The van der Waals surface area contributed by atoms with Gasteiger partial charge in [-0.15, -0.1) is 0 Å². The molecule has 0 spiro atoms. The molecule has 2 rings (SSSR count). The van der Waals surface area contributed by atoms with Gasteiger partial charge in [0.25, 0.3) is 5.91 Å². The van der Waals surface area contributed by atoms with E-state index in [1.54, 1.807) is 25.3 Å². The molecular formula is C13H19N3O3S. The number of hydrogen-bond acceptors (Lipinski definition) is 4. The van der Waals surface area contributed by atoms with Crippen LogP contribution in [0.3, 0.4) is 0 Å². The van der Waals surface area contributed by atoms with Gasteiger partial charge in [0.05, 0.1) is 11.3 Å². The monoisotopic (exact) mass is 297 g/mol. The zero-order valence-electron chi connectivity index (χ0n) is 11.4. The van der Waals surface area contributed by atoms with Crippen molar-refractivity contribution in [3.63, 3.8) is 0 Å². The fraction of sp³-hybridized carbons (Fsp3) is 0.538. The minimum absolute atomic E-state index is 0.0195. The maximum Gasteiger partial charge on any atom is 0.253 e. The minimum Gasteiger partial charge on any atom is -0.349 e. The van der Waals surface area contributed by atoms with Crippen LogP contribution in [-0.4, -0.2) is 48.5 Å². The van der Waals surface area contributed by atoms with Gasteiger partial charge in [0.2, 0.25) is 10.0 Å².